The number of nitrogens with zero attached hydrogens (tertiary/aromatic N) is 1. The standard InChI is InChI=1S/C20H30N2O6S/c1-6-22(7-2)29(25,26)15-8-9-18(28-13(3)4)17(11-15)21-19(23)12-27-20(24)16-10-14(16)5/h8-9,11,13-14,16H,6-7,10,12H2,1-5H3,(H,21,23)/t14-,16+/m1/s1. The lowest BCUT2D eigenvalue weighted by atomic mass is 10.3. The topological polar surface area (TPSA) is 102 Å². The molecule has 0 saturated heterocycles. The molecule has 1 saturated carbocycles. The second kappa shape index (κ2) is 9.58. The van der Waals surface area contributed by atoms with Crippen LogP contribution in [0.15, 0.2) is 23.1 Å². The molecule has 0 spiro atoms. The highest BCUT2D eigenvalue weighted by atomic mass is 32.2. The van der Waals surface area contributed by atoms with Crippen molar-refractivity contribution in [3.05, 3.63) is 18.2 Å². The van der Waals surface area contributed by atoms with E-state index in [0.717, 1.165) is 6.42 Å². The molecule has 0 radical (unpaired) electrons. The summed E-state index contributed by atoms with van der Waals surface area (Å²) in [6, 6.07) is 4.34. The van der Waals surface area contributed by atoms with Crippen LogP contribution in [0.2, 0.25) is 0 Å². The van der Waals surface area contributed by atoms with E-state index < -0.39 is 22.5 Å². The van der Waals surface area contributed by atoms with Crippen LogP contribution in [-0.4, -0.2) is 50.4 Å². The van der Waals surface area contributed by atoms with Gasteiger partial charge in [-0.05, 0) is 44.4 Å². The van der Waals surface area contributed by atoms with Crippen LogP contribution in [0.1, 0.15) is 41.0 Å². The van der Waals surface area contributed by atoms with Crippen LogP contribution >= 0.6 is 0 Å². The smallest absolute Gasteiger partial charge is 0.309 e. The van der Waals surface area contributed by atoms with Gasteiger partial charge in [-0.3, -0.25) is 9.59 Å². The van der Waals surface area contributed by atoms with Crippen LogP contribution in [0.25, 0.3) is 0 Å². The van der Waals surface area contributed by atoms with Gasteiger partial charge in [-0.2, -0.15) is 4.31 Å². The maximum Gasteiger partial charge on any atom is 0.309 e. The zero-order valence-electron chi connectivity index (χ0n) is 17.6. The molecule has 0 unspecified atom stereocenters. The zero-order valence-corrected chi connectivity index (χ0v) is 18.4. The number of rotatable bonds is 10. The average Bonchev–Trinajstić information content (AvgIpc) is 3.38. The third-order valence-electron chi connectivity index (χ3n) is 4.69. The average molecular weight is 427 g/mol. The number of anilines is 1. The van der Waals surface area contributed by atoms with Crippen molar-refractivity contribution in [1.29, 1.82) is 0 Å². The molecular formula is C20H30N2O6S. The van der Waals surface area contributed by atoms with Gasteiger partial charge in [0, 0.05) is 13.1 Å². The predicted octanol–water partition coefficient (Wildman–Crippen LogP) is 2.64. The number of sulfonamides is 1. The number of nitrogens with one attached hydrogen (secondary N) is 1. The Morgan fingerprint density at radius 1 is 1.24 bits per heavy atom. The monoisotopic (exact) mass is 426 g/mol. The van der Waals surface area contributed by atoms with Crippen molar-refractivity contribution < 1.29 is 27.5 Å². The first-order chi connectivity index (χ1) is 13.6. The van der Waals surface area contributed by atoms with E-state index >= 15 is 0 Å². The van der Waals surface area contributed by atoms with Crippen molar-refractivity contribution in [1.82, 2.24) is 4.31 Å². The maximum atomic E-state index is 12.8. The molecule has 1 fully saturated rings. The number of hydrogen-bond donors (Lipinski definition) is 1. The Kier molecular flexibility index (Phi) is 7.65. The molecular weight excluding hydrogens is 396 g/mol. The summed E-state index contributed by atoms with van der Waals surface area (Å²) >= 11 is 0. The zero-order chi connectivity index (χ0) is 21.8. The number of carbonyl (C=O) groups excluding carboxylic acids is 2. The third kappa shape index (κ3) is 5.93. The quantitative estimate of drug-likeness (QED) is 0.577. The van der Waals surface area contributed by atoms with E-state index in [1.807, 2.05) is 20.8 Å². The lowest BCUT2D eigenvalue weighted by molar-refractivity contribution is -0.148. The fourth-order valence-corrected chi connectivity index (χ4v) is 4.40. The molecule has 9 heteroatoms. The molecule has 0 aliphatic heterocycles. The van der Waals surface area contributed by atoms with Crippen LogP contribution < -0.4 is 10.1 Å². The lowest BCUT2D eigenvalue weighted by Crippen LogP contribution is -2.30. The summed E-state index contributed by atoms with van der Waals surface area (Å²) in [7, 11) is -3.70. The normalized spacial score (nSPS) is 18.6. The number of esters is 1. The first-order valence-electron chi connectivity index (χ1n) is 9.87. The van der Waals surface area contributed by atoms with Crippen molar-refractivity contribution in [3.63, 3.8) is 0 Å². The summed E-state index contributed by atoms with van der Waals surface area (Å²) in [6.07, 6.45) is 0.600. The number of carbonyl (C=O) groups is 2. The molecule has 1 amide bonds. The van der Waals surface area contributed by atoms with Crippen LogP contribution in [0.5, 0.6) is 5.75 Å². The molecule has 2 atom stereocenters. The Morgan fingerprint density at radius 2 is 1.86 bits per heavy atom. The molecule has 162 valence electrons. The van der Waals surface area contributed by atoms with Gasteiger partial charge < -0.3 is 14.8 Å². The van der Waals surface area contributed by atoms with Gasteiger partial charge >= 0.3 is 5.97 Å². The molecule has 0 aromatic heterocycles. The Bertz CT molecular complexity index is 849. The van der Waals surface area contributed by atoms with E-state index in [2.05, 4.69) is 5.32 Å². The van der Waals surface area contributed by atoms with E-state index in [1.54, 1.807) is 13.8 Å². The third-order valence-corrected chi connectivity index (χ3v) is 6.73. The summed E-state index contributed by atoms with van der Waals surface area (Å²) in [5, 5.41) is 2.61. The van der Waals surface area contributed by atoms with Crippen LogP contribution in [0, 0.1) is 11.8 Å². The summed E-state index contributed by atoms with van der Waals surface area (Å²) in [5.74, 6) is -0.445. The molecule has 1 aliphatic carbocycles. The number of benzene rings is 1. The number of hydrogen-bond acceptors (Lipinski definition) is 6. The summed E-state index contributed by atoms with van der Waals surface area (Å²) in [4.78, 5) is 24.1. The van der Waals surface area contributed by atoms with Crippen molar-refractivity contribution in [2.75, 3.05) is 25.0 Å². The first-order valence-corrected chi connectivity index (χ1v) is 11.3. The van der Waals surface area contributed by atoms with Gasteiger partial charge in [0.25, 0.3) is 5.91 Å². The molecule has 8 nitrogen and oxygen atoms in total. The van der Waals surface area contributed by atoms with Gasteiger partial charge in [0.05, 0.1) is 22.6 Å². The van der Waals surface area contributed by atoms with Crippen LogP contribution in [0.3, 0.4) is 0 Å². The second-order valence-corrected chi connectivity index (χ2v) is 9.33. The SMILES string of the molecule is CCN(CC)S(=O)(=O)c1ccc(OC(C)C)c(NC(=O)COC(=O)[C@H]2C[C@H]2C)c1. The molecule has 1 N–H and O–H groups in total. The van der Waals surface area contributed by atoms with Crippen molar-refractivity contribution in [2.24, 2.45) is 11.8 Å². The highest BCUT2D eigenvalue weighted by Gasteiger charge is 2.40. The van der Waals surface area contributed by atoms with Gasteiger partial charge in [-0.25, -0.2) is 8.42 Å². The van der Waals surface area contributed by atoms with Crippen LogP contribution in [0.4, 0.5) is 5.69 Å². The van der Waals surface area contributed by atoms with Gasteiger partial charge in [0.15, 0.2) is 6.61 Å². The summed E-state index contributed by atoms with van der Waals surface area (Å²) < 4.78 is 37.6. The fraction of sp³-hybridized carbons (Fsp3) is 0.600. The largest absolute Gasteiger partial charge is 0.489 e. The second-order valence-electron chi connectivity index (χ2n) is 7.39. The Labute approximate surface area is 172 Å². The molecule has 2 rings (SSSR count). The lowest BCUT2D eigenvalue weighted by Gasteiger charge is -2.20. The Hall–Kier alpha value is -2.13. The number of ether oxygens (including phenoxy) is 2. The highest BCUT2D eigenvalue weighted by Crippen LogP contribution is 2.38. The van der Waals surface area contributed by atoms with Gasteiger partial charge in [-0.15, -0.1) is 0 Å². The van der Waals surface area contributed by atoms with Gasteiger partial charge in [-0.1, -0.05) is 20.8 Å². The van der Waals surface area contributed by atoms with E-state index in [0.29, 0.717) is 24.8 Å². The van der Waals surface area contributed by atoms with E-state index in [4.69, 9.17) is 9.47 Å². The first kappa shape index (κ1) is 23.2. The molecule has 1 aliphatic rings. The van der Waals surface area contributed by atoms with E-state index in [1.165, 1.54) is 22.5 Å². The minimum Gasteiger partial charge on any atom is -0.489 e. The van der Waals surface area contributed by atoms with E-state index in [9.17, 15) is 18.0 Å². The fourth-order valence-electron chi connectivity index (χ4n) is 2.92. The highest BCUT2D eigenvalue weighted by molar-refractivity contribution is 7.89. The minimum absolute atomic E-state index is 0.0522. The number of amides is 1. The van der Waals surface area contributed by atoms with Crippen molar-refractivity contribution >= 4 is 27.6 Å². The van der Waals surface area contributed by atoms with Gasteiger partial charge in [0.1, 0.15) is 5.75 Å². The summed E-state index contributed by atoms with van der Waals surface area (Å²) in [5.41, 5.74) is 0.216. The molecule has 0 bridgehead atoms. The maximum absolute atomic E-state index is 12.8. The summed E-state index contributed by atoms with van der Waals surface area (Å²) in [6.45, 7) is 9.35. The Balaban J connectivity index is 2.20. The molecule has 1 aromatic rings. The van der Waals surface area contributed by atoms with Gasteiger partial charge in [0.2, 0.25) is 10.0 Å². The molecule has 29 heavy (non-hydrogen) atoms. The molecule has 0 heterocycles. The minimum atomic E-state index is -3.70. The Morgan fingerprint density at radius 3 is 2.38 bits per heavy atom. The van der Waals surface area contributed by atoms with Crippen molar-refractivity contribution in [2.45, 2.75) is 52.0 Å². The predicted molar refractivity (Wildman–Crippen MR) is 109 cm³/mol. The van der Waals surface area contributed by atoms with Crippen molar-refractivity contribution in [3.8, 4) is 5.75 Å². The molecule has 1 aromatic carbocycles. The van der Waals surface area contributed by atoms with E-state index in [-0.39, 0.29) is 28.6 Å². The van der Waals surface area contributed by atoms with Crippen LogP contribution in [-0.2, 0) is 24.3 Å².